The molecule has 1 aliphatic rings. The average molecular weight is 1250 g/mol. The van der Waals surface area contributed by atoms with Gasteiger partial charge in [0.2, 0.25) is 0 Å². The fourth-order valence-corrected chi connectivity index (χ4v) is 11.0. The predicted molar refractivity (Wildman–Crippen MR) is 336 cm³/mol. The topological polar surface area (TPSA) is 46.7 Å². The molecule has 0 bridgehead atoms. The first-order valence-electron chi connectivity index (χ1n) is 30.3. The summed E-state index contributed by atoms with van der Waals surface area (Å²) in [7, 11) is 0. The first-order chi connectivity index (χ1) is 39.9. The molecule has 0 atom stereocenters. The molecular weight excluding hydrogens is 1170 g/mol. The first-order valence-corrected chi connectivity index (χ1v) is 27.8. The van der Waals surface area contributed by atoms with E-state index in [1.165, 1.54) is 0 Å². The minimum atomic E-state index is -0.441. The molecule has 414 valence electrons. The van der Waals surface area contributed by atoms with Crippen molar-refractivity contribution in [1.29, 1.82) is 0 Å². The van der Waals surface area contributed by atoms with Gasteiger partial charge in [-0.3, -0.25) is 0 Å². The summed E-state index contributed by atoms with van der Waals surface area (Å²) in [6.45, 7) is 35.1. The van der Waals surface area contributed by atoms with Crippen LogP contribution >= 0.6 is 0 Å². The SMILES string of the molecule is [2H]c1c([2H])c([2H])c(-c2cc(C(C)(C)C)cc(-c3cc(C(C)(C)C)cc(C(C)(C)C)c3)c2N2[CH-]N(c3[c-]c(Oc4[c-]c5c(cc4)c4c6oc7ccccc7c6ccc4n5-c4cc(C(C)(C)C)ccn4)cc(C(C)(C)C)c3)c3ccccc32)c([2H])c1[2H].[Pt]. The molecule has 8 aromatic carbocycles. The summed E-state index contributed by atoms with van der Waals surface area (Å²) in [5.41, 5.74) is 13.0. The van der Waals surface area contributed by atoms with Crippen LogP contribution in [-0.4, -0.2) is 9.55 Å². The molecule has 0 amide bonds. The van der Waals surface area contributed by atoms with Gasteiger partial charge in [0.1, 0.15) is 17.0 Å². The number of rotatable bonds is 7. The summed E-state index contributed by atoms with van der Waals surface area (Å²) in [4.78, 5) is 9.24. The molecule has 0 spiro atoms. The minimum absolute atomic E-state index is 0. The Bertz CT molecular complexity index is 4480. The van der Waals surface area contributed by atoms with Crippen LogP contribution in [0.25, 0.3) is 71.8 Å². The number of anilines is 4. The number of nitrogens with zero attached hydrogens (tertiary/aromatic N) is 4. The van der Waals surface area contributed by atoms with Gasteiger partial charge in [0.15, 0.2) is 0 Å². The molecule has 0 fully saturated rings. The molecule has 0 saturated carbocycles. The number of hydrogen-bond acceptors (Lipinski definition) is 5. The van der Waals surface area contributed by atoms with Crippen LogP contribution < -0.4 is 14.5 Å². The Morgan fingerprint density at radius 2 is 1.10 bits per heavy atom. The van der Waals surface area contributed by atoms with Crippen LogP contribution in [-0.2, 0) is 48.1 Å². The van der Waals surface area contributed by atoms with E-state index in [1.54, 1.807) is 0 Å². The summed E-state index contributed by atoms with van der Waals surface area (Å²) in [5.74, 6) is 1.74. The van der Waals surface area contributed by atoms with Gasteiger partial charge in [-0.25, -0.2) is 4.98 Å². The third-order valence-corrected chi connectivity index (χ3v) is 15.8. The zero-order valence-electron chi connectivity index (χ0n) is 54.2. The van der Waals surface area contributed by atoms with E-state index in [0.29, 0.717) is 28.4 Å². The predicted octanol–water partition coefficient (Wildman–Crippen LogP) is 20.7. The molecule has 6 nitrogen and oxygen atoms in total. The van der Waals surface area contributed by atoms with Crippen molar-refractivity contribution < 1.29 is 37.1 Å². The second-order valence-corrected chi connectivity index (χ2v) is 26.8. The van der Waals surface area contributed by atoms with E-state index in [2.05, 4.69) is 215 Å². The van der Waals surface area contributed by atoms with Gasteiger partial charge in [-0.2, -0.15) is 6.07 Å². The third-order valence-electron chi connectivity index (χ3n) is 15.8. The van der Waals surface area contributed by atoms with Crippen LogP contribution in [0.5, 0.6) is 11.5 Å². The molecule has 4 heterocycles. The number of ether oxygens (including phenoxy) is 1. The van der Waals surface area contributed by atoms with Gasteiger partial charge in [0.05, 0.1) is 6.85 Å². The number of hydrogen-bond donors (Lipinski definition) is 0. The van der Waals surface area contributed by atoms with Crippen molar-refractivity contribution in [2.45, 2.75) is 131 Å². The van der Waals surface area contributed by atoms with Crippen LogP contribution in [0.3, 0.4) is 0 Å². The van der Waals surface area contributed by atoms with E-state index in [1.807, 2.05) is 55.3 Å². The smallest absolute Gasteiger partial charge is 0.135 e. The Hall–Kier alpha value is -7.40. The van der Waals surface area contributed by atoms with Crippen molar-refractivity contribution in [2.24, 2.45) is 0 Å². The fourth-order valence-electron chi connectivity index (χ4n) is 11.0. The minimum Gasteiger partial charge on any atom is -0.509 e. The normalized spacial score (nSPS) is 14.3. The van der Waals surface area contributed by atoms with Crippen molar-refractivity contribution in [3.8, 4) is 39.6 Å². The molecule has 0 N–H and O–H groups in total. The Balaban J connectivity index is 0.00000768. The summed E-state index contributed by atoms with van der Waals surface area (Å²) in [5, 5.41) is 4.00. The van der Waals surface area contributed by atoms with Crippen molar-refractivity contribution in [2.75, 3.05) is 9.80 Å². The Kier molecular flexibility index (Phi) is 12.2. The zero-order valence-corrected chi connectivity index (χ0v) is 51.5. The van der Waals surface area contributed by atoms with Gasteiger partial charge in [0.25, 0.3) is 0 Å². The summed E-state index contributed by atoms with van der Waals surface area (Å²) >= 11 is 0. The number of furan rings is 1. The maximum Gasteiger partial charge on any atom is 0.135 e. The average Bonchev–Trinajstić information content (AvgIpc) is 1.54. The van der Waals surface area contributed by atoms with E-state index in [-0.39, 0.29) is 60.4 Å². The molecule has 81 heavy (non-hydrogen) atoms. The van der Waals surface area contributed by atoms with E-state index in [0.717, 1.165) is 99.9 Å². The van der Waals surface area contributed by atoms with Gasteiger partial charge in [0, 0.05) is 83.2 Å². The molecule has 0 aliphatic carbocycles. The Morgan fingerprint density at radius 3 is 1.75 bits per heavy atom. The van der Waals surface area contributed by atoms with Crippen molar-refractivity contribution in [3.63, 3.8) is 0 Å². The van der Waals surface area contributed by atoms with Crippen LogP contribution in [0, 0.1) is 18.8 Å². The zero-order chi connectivity index (χ0) is 60.8. The van der Waals surface area contributed by atoms with Crippen molar-refractivity contribution in [3.05, 3.63) is 210 Å². The molecule has 3 aromatic heterocycles. The molecule has 0 unspecified atom stereocenters. The molecule has 11 aromatic rings. The van der Waals surface area contributed by atoms with E-state index < -0.39 is 23.5 Å². The van der Waals surface area contributed by atoms with Gasteiger partial charge in [-0.1, -0.05) is 194 Å². The summed E-state index contributed by atoms with van der Waals surface area (Å²) in [6.07, 6.45) is 1.88. The first kappa shape index (κ1) is 49.4. The van der Waals surface area contributed by atoms with Gasteiger partial charge < -0.3 is 23.5 Å². The van der Waals surface area contributed by atoms with Crippen LogP contribution in [0.2, 0.25) is 0 Å². The number of para-hydroxylation sites is 3. The largest absolute Gasteiger partial charge is 0.509 e. The van der Waals surface area contributed by atoms with Crippen LogP contribution in [0.1, 0.15) is 139 Å². The van der Waals surface area contributed by atoms with Crippen molar-refractivity contribution >= 4 is 66.5 Å². The Labute approximate surface area is 501 Å². The Morgan fingerprint density at radius 1 is 0.519 bits per heavy atom. The number of aromatic nitrogens is 2. The van der Waals surface area contributed by atoms with Crippen molar-refractivity contribution in [1.82, 2.24) is 9.55 Å². The maximum absolute atomic E-state index is 9.56. The molecule has 12 rings (SSSR count). The number of pyridine rings is 1. The molecule has 0 saturated heterocycles. The molecule has 7 heteroatoms. The third kappa shape index (κ3) is 10.2. The van der Waals surface area contributed by atoms with E-state index >= 15 is 0 Å². The van der Waals surface area contributed by atoms with E-state index in [9.17, 15) is 2.74 Å². The van der Waals surface area contributed by atoms with E-state index in [4.69, 9.17) is 18.3 Å². The number of benzene rings is 8. The van der Waals surface area contributed by atoms with Crippen LogP contribution in [0.15, 0.2) is 168 Å². The molecular formula is C74H73N4O2Pt-3. The number of fused-ring (bicyclic) bond motifs is 8. The summed E-state index contributed by atoms with van der Waals surface area (Å²) < 4.78 is 61.7. The standard InChI is InChI=1S/C74H73N4O2.Pt/c1-70(2,3)48-33-34-75-66(42-48)78-63-32-31-57-56-25-19-22-28-65(56)80-69(57)67(63)58-30-29-54(44-64(58)78)79-55-39-51(73(10,11)12)38-53(43-55)76-45-77(62-27-21-20-26-61(62)76)68-59(46-23-17-16-18-24-46)40-52(74(13,14)15)41-60(68)47-35-49(71(4,5)6)37-50(36-47)72(7,8)9;/h16-42,45H,1-15H3;/q-3;/i16D,17D,18D,23D,24D;. The second-order valence-electron chi connectivity index (χ2n) is 26.8. The van der Waals surface area contributed by atoms with Gasteiger partial charge in [-0.15, -0.1) is 48.3 Å². The summed E-state index contributed by atoms with van der Waals surface area (Å²) in [6, 6.07) is 49.9. The van der Waals surface area contributed by atoms with Crippen LogP contribution in [0.4, 0.5) is 22.7 Å². The monoisotopic (exact) mass is 1250 g/mol. The molecule has 1 aliphatic heterocycles. The second kappa shape index (κ2) is 19.9. The molecule has 0 radical (unpaired) electrons. The fraction of sp³-hybridized carbons (Fsp3) is 0.270. The van der Waals surface area contributed by atoms with Gasteiger partial charge in [-0.05, 0) is 120 Å². The quantitative estimate of drug-likeness (QED) is 0.149. The maximum atomic E-state index is 9.56. The van der Waals surface area contributed by atoms with Gasteiger partial charge >= 0.3 is 0 Å².